The van der Waals surface area contributed by atoms with Gasteiger partial charge >= 0.3 is 0 Å². The number of Topliss-reactive ketones (excluding diaryl/α,β-unsaturated/α-hetero) is 1. The molecule has 0 aromatic heterocycles. The predicted octanol–water partition coefficient (Wildman–Crippen LogP) is 5.05. The number of aryl methyl sites for hydroxylation is 1. The van der Waals surface area contributed by atoms with Crippen LogP contribution in [0.1, 0.15) is 22.7 Å². The van der Waals surface area contributed by atoms with Crippen LogP contribution in [0.4, 0.5) is 5.69 Å². The van der Waals surface area contributed by atoms with E-state index < -0.39 is 17.7 Å². The number of aliphatic hydroxyl groups excluding tert-OH is 1. The molecule has 5 rings (SSSR count). The second-order valence-electron chi connectivity index (χ2n) is 8.24. The highest BCUT2D eigenvalue weighted by atomic mass is 35.5. The molecule has 2 aliphatic heterocycles. The first kappa shape index (κ1) is 22.8. The molecule has 2 aliphatic rings. The van der Waals surface area contributed by atoms with E-state index >= 15 is 0 Å². The summed E-state index contributed by atoms with van der Waals surface area (Å²) in [5, 5.41) is 11.8. The molecule has 35 heavy (non-hydrogen) atoms. The highest BCUT2D eigenvalue weighted by molar-refractivity contribution is 6.51. The fraction of sp³-hybridized carbons (Fsp3) is 0.185. The Morgan fingerprint density at radius 2 is 1.80 bits per heavy atom. The number of hydrogen-bond donors (Lipinski definition) is 1. The lowest BCUT2D eigenvalue weighted by molar-refractivity contribution is -0.132. The number of ether oxygens (including phenoxy) is 3. The number of methoxy groups -OCH3 is 1. The minimum Gasteiger partial charge on any atom is -0.507 e. The van der Waals surface area contributed by atoms with E-state index in [9.17, 15) is 14.7 Å². The van der Waals surface area contributed by atoms with E-state index in [4.69, 9.17) is 25.8 Å². The second kappa shape index (κ2) is 9.00. The van der Waals surface area contributed by atoms with Crippen LogP contribution in [0.5, 0.6) is 17.2 Å². The number of hydrogen-bond acceptors (Lipinski definition) is 6. The molecule has 178 valence electrons. The minimum absolute atomic E-state index is 0.0448. The predicted molar refractivity (Wildman–Crippen MR) is 131 cm³/mol. The van der Waals surface area contributed by atoms with Gasteiger partial charge in [0.05, 0.1) is 18.7 Å². The van der Waals surface area contributed by atoms with Gasteiger partial charge in [-0.25, -0.2) is 0 Å². The standard InChI is InChI=1S/C27H22ClNO6/c1-15-6-8-18(14-20(15)28)29-24(16-4-3-5-19(12-16)33-2)23(26(31)27(29)32)25(30)17-7-9-21-22(13-17)35-11-10-34-21/h3-9,12-14,24,30H,10-11H2,1-2H3/b25-23-. The summed E-state index contributed by atoms with van der Waals surface area (Å²) in [7, 11) is 1.53. The Balaban J connectivity index is 1.71. The Morgan fingerprint density at radius 3 is 2.54 bits per heavy atom. The van der Waals surface area contributed by atoms with Gasteiger partial charge in [-0.2, -0.15) is 0 Å². The molecule has 1 saturated heterocycles. The quantitative estimate of drug-likeness (QED) is 0.312. The molecule has 0 aliphatic carbocycles. The number of benzene rings is 3. The monoisotopic (exact) mass is 491 g/mol. The Bertz CT molecular complexity index is 1380. The number of aliphatic hydroxyl groups is 1. The number of carbonyl (C=O) groups is 2. The van der Waals surface area contributed by atoms with Crippen molar-refractivity contribution >= 4 is 34.7 Å². The van der Waals surface area contributed by atoms with Crippen molar-refractivity contribution < 1.29 is 28.9 Å². The number of carbonyl (C=O) groups excluding carboxylic acids is 2. The Kier molecular flexibility index (Phi) is 5.86. The summed E-state index contributed by atoms with van der Waals surface area (Å²) in [5.41, 5.74) is 2.16. The summed E-state index contributed by atoms with van der Waals surface area (Å²) < 4.78 is 16.6. The van der Waals surface area contributed by atoms with Crippen LogP contribution in [0.15, 0.2) is 66.2 Å². The highest BCUT2D eigenvalue weighted by Gasteiger charge is 2.47. The molecule has 1 fully saturated rings. The lowest BCUT2D eigenvalue weighted by Crippen LogP contribution is -2.29. The summed E-state index contributed by atoms with van der Waals surface area (Å²) in [6.45, 7) is 2.65. The summed E-state index contributed by atoms with van der Waals surface area (Å²) in [4.78, 5) is 28.0. The molecular formula is C27H22ClNO6. The van der Waals surface area contributed by atoms with Crippen molar-refractivity contribution in [3.8, 4) is 17.2 Å². The Hall–Kier alpha value is -3.97. The molecule has 1 unspecified atom stereocenters. The number of anilines is 1. The SMILES string of the molecule is COc1cccc(C2/C(=C(/O)c3ccc4c(c3)OCCO4)C(=O)C(=O)N2c2ccc(C)c(Cl)c2)c1. The van der Waals surface area contributed by atoms with Crippen LogP contribution in [-0.2, 0) is 9.59 Å². The molecule has 3 aromatic rings. The number of ketones is 1. The third kappa shape index (κ3) is 3.98. The van der Waals surface area contributed by atoms with E-state index in [1.54, 1.807) is 60.7 Å². The topological polar surface area (TPSA) is 85.3 Å². The molecule has 0 saturated carbocycles. The largest absolute Gasteiger partial charge is 0.507 e. The fourth-order valence-corrected chi connectivity index (χ4v) is 4.48. The van der Waals surface area contributed by atoms with E-state index in [0.717, 1.165) is 5.56 Å². The first-order valence-corrected chi connectivity index (χ1v) is 11.4. The fourth-order valence-electron chi connectivity index (χ4n) is 4.30. The van der Waals surface area contributed by atoms with Gasteiger partial charge in [0, 0.05) is 16.3 Å². The highest BCUT2D eigenvalue weighted by Crippen LogP contribution is 2.44. The van der Waals surface area contributed by atoms with Crippen molar-refractivity contribution in [3.63, 3.8) is 0 Å². The number of amides is 1. The Morgan fingerprint density at radius 1 is 1.03 bits per heavy atom. The van der Waals surface area contributed by atoms with Crippen molar-refractivity contribution in [3.05, 3.63) is 87.9 Å². The summed E-state index contributed by atoms with van der Waals surface area (Å²) >= 11 is 6.35. The summed E-state index contributed by atoms with van der Waals surface area (Å²) in [6, 6.07) is 16.2. The van der Waals surface area contributed by atoms with Gasteiger partial charge in [-0.1, -0.05) is 29.8 Å². The number of nitrogens with zero attached hydrogens (tertiary/aromatic N) is 1. The van der Waals surface area contributed by atoms with Gasteiger partial charge in [0.25, 0.3) is 11.7 Å². The van der Waals surface area contributed by atoms with Crippen LogP contribution >= 0.6 is 11.6 Å². The molecule has 7 nitrogen and oxygen atoms in total. The molecule has 1 atom stereocenters. The maximum Gasteiger partial charge on any atom is 0.300 e. The molecule has 0 spiro atoms. The molecule has 2 heterocycles. The first-order chi connectivity index (χ1) is 16.9. The van der Waals surface area contributed by atoms with Gasteiger partial charge in [0.15, 0.2) is 11.5 Å². The lowest BCUT2D eigenvalue weighted by atomic mass is 9.94. The van der Waals surface area contributed by atoms with Gasteiger partial charge < -0.3 is 19.3 Å². The smallest absolute Gasteiger partial charge is 0.300 e. The zero-order valence-electron chi connectivity index (χ0n) is 19.1. The zero-order valence-corrected chi connectivity index (χ0v) is 19.8. The first-order valence-electron chi connectivity index (χ1n) is 11.0. The third-order valence-electron chi connectivity index (χ3n) is 6.10. The average molecular weight is 492 g/mol. The van der Waals surface area contributed by atoms with Crippen LogP contribution in [0.3, 0.4) is 0 Å². The minimum atomic E-state index is -0.905. The van der Waals surface area contributed by atoms with Gasteiger partial charge in [-0.15, -0.1) is 0 Å². The molecule has 1 N–H and O–H groups in total. The summed E-state index contributed by atoms with van der Waals surface area (Å²) in [6.07, 6.45) is 0. The van der Waals surface area contributed by atoms with Gasteiger partial charge in [0.2, 0.25) is 0 Å². The van der Waals surface area contributed by atoms with E-state index in [-0.39, 0.29) is 11.3 Å². The van der Waals surface area contributed by atoms with E-state index in [2.05, 4.69) is 0 Å². The maximum atomic E-state index is 13.4. The van der Waals surface area contributed by atoms with Gasteiger partial charge in [-0.05, 0) is 60.5 Å². The van der Waals surface area contributed by atoms with Crippen molar-refractivity contribution in [2.45, 2.75) is 13.0 Å². The molecule has 0 radical (unpaired) electrons. The van der Waals surface area contributed by atoms with Crippen LogP contribution < -0.4 is 19.1 Å². The maximum absolute atomic E-state index is 13.4. The zero-order chi connectivity index (χ0) is 24.7. The average Bonchev–Trinajstić information content (AvgIpc) is 3.15. The number of halogens is 1. The molecule has 3 aromatic carbocycles. The van der Waals surface area contributed by atoms with E-state index in [1.807, 2.05) is 6.92 Å². The van der Waals surface area contributed by atoms with Crippen LogP contribution in [-0.4, -0.2) is 37.1 Å². The van der Waals surface area contributed by atoms with Crippen molar-refractivity contribution in [1.29, 1.82) is 0 Å². The lowest BCUT2D eigenvalue weighted by Gasteiger charge is -2.26. The van der Waals surface area contributed by atoms with Gasteiger partial charge in [-0.3, -0.25) is 14.5 Å². The van der Waals surface area contributed by atoms with Crippen molar-refractivity contribution in [2.24, 2.45) is 0 Å². The normalized spacial score (nSPS) is 18.6. The Labute approximate surface area is 207 Å². The van der Waals surface area contributed by atoms with Crippen molar-refractivity contribution in [1.82, 2.24) is 0 Å². The molecule has 1 amide bonds. The number of rotatable bonds is 4. The summed E-state index contributed by atoms with van der Waals surface area (Å²) in [5.74, 6) is -0.327. The van der Waals surface area contributed by atoms with Crippen LogP contribution in [0.25, 0.3) is 5.76 Å². The van der Waals surface area contributed by atoms with E-state index in [0.29, 0.717) is 52.3 Å². The third-order valence-corrected chi connectivity index (χ3v) is 6.51. The second-order valence-corrected chi connectivity index (χ2v) is 8.64. The molecule has 0 bridgehead atoms. The molecular weight excluding hydrogens is 470 g/mol. The van der Waals surface area contributed by atoms with Crippen molar-refractivity contribution in [2.75, 3.05) is 25.2 Å². The van der Waals surface area contributed by atoms with Gasteiger partial charge in [0.1, 0.15) is 24.7 Å². The molecule has 8 heteroatoms. The van der Waals surface area contributed by atoms with Crippen LogP contribution in [0, 0.1) is 6.92 Å². The van der Waals surface area contributed by atoms with Crippen LogP contribution in [0.2, 0.25) is 5.02 Å². The van der Waals surface area contributed by atoms with E-state index in [1.165, 1.54) is 12.0 Å². The number of fused-ring (bicyclic) bond motifs is 1.